The minimum atomic E-state index is 0.0812. The van der Waals surface area contributed by atoms with Crippen LogP contribution in [-0.4, -0.2) is 26.5 Å². The molecule has 0 saturated heterocycles. The molecule has 1 aliphatic heterocycles. The van der Waals surface area contributed by atoms with Gasteiger partial charge in [0, 0.05) is 17.0 Å². The third kappa shape index (κ3) is 1.91. The average Bonchev–Trinajstić information content (AvgIpc) is 2.82. The summed E-state index contributed by atoms with van der Waals surface area (Å²) in [5.74, 6) is 1.75. The number of rotatable bonds is 2. The van der Waals surface area contributed by atoms with Gasteiger partial charge in [-0.15, -0.1) is 10.2 Å². The summed E-state index contributed by atoms with van der Waals surface area (Å²) >= 11 is 6.01. The third-order valence-electron chi connectivity index (χ3n) is 3.36. The Morgan fingerprint density at radius 2 is 2.28 bits per heavy atom. The van der Waals surface area contributed by atoms with Crippen LogP contribution in [0.5, 0.6) is 0 Å². The highest BCUT2D eigenvalue weighted by molar-refractivity contribution is 6.30. The van der Waals surface area contributed by atoms with E-state index in [1.807, 2.05) is 24.3 Å². The first-order chi connectivity index (χ1) is 8.79. The highest BCUT2D eigenvalue weighted by atomic mass is 35.5. The van der Waals surface area contributed by atoms with Crippen molar-refractivity contribution in [3.05, 3.63) is 35.1 Å². The summed E-state index contributed by atoms with van der Waals surface area (Å²) in [6, 6.07) is 7.66. The lowest BCUT2D eigenvalue weighted by Crippen LogP contribution is -2.21. The van der Waals surface area contributed by atoms with Gasteiger partial charge in [-0.2, -0.15) is 0 Å². The molecule has 18 heavy (non-hydrogen) atoms. The molecule has 3 rings (SSSR count). The summed E-state index contributed by atoms with van der Waals surface area (Å²) in [4.78, 5) is 0. The Morgan fingerprint density at radius 1 is 1.39 bits per heavy atom. The van der Waals surface area contributed by atoms with Gasteiger partial charge in [0.1, 0.15) is 5.82 Å². The smallest absolute Gasteiger partial charge is 0.164 e. The molecule has 0 amide bonds. The summed E-state index contributed by atoms with van der Waals surface area (Å²) in [7, 11) is 0. The highest BCUT2D eigenvalue weighted by Gasteiger charge is 2.24. The van der Waals surface area contributed by atoms with Crippen LogP contribution in [0.3, 0.4) is 0 Å². The number of aromatic nitrogens is 3. The Balaban J connectivity index is 2.11. The first kappa shape index (κ1) is 11.7. The number of fused-ring (bicyclic) bond motifs is 1. The van der Waals surface area contributed by atoms with Crippen LogP contribution in [0.1, 0.15) is 24.7 Å². The maximum atomic E-state index is 9.48. The van der Waals surface area contributed by atoms with Crippen molar-refractivity contribution < 1.29 is 5.11 Å². The summed E-state index contributed by atoms with van der Waals surface area (Å²) in [6.45, 7) is 0.124. The fraction of sp³-hybridized carbons (Fsp3) is 0.385. The maximum Gasteiger partial charge on any atom is 0.164 e. The molecule has 0 saturated carbocycles. The van der Waals surface area contributed by atoms with E-state index in [4.69, 9.17) is 11.6 Å². The van der Waals surface area contributed by atoms with Crippen molar-refractivity contribution in [2.45, 2.75) is 25.3 Å². The lowest BCUT2D eigenvalue weighted by molar-refractivity contribution is 0.207. The molecule has 0 radical (unpaired) electrons. The zero-order valence-corrected chi connectivity index (χ0v) is 10.6. The molecule has 4 nitrogen and oxygen atoms in total. The standard InChI is InChI=1S/C13H14ClN3O/c14-10-4-1-3-9(7-10)13-16-15-12-6-2-5-11(8-18)17(12)13/h1,3-4,7,11,18H,2,5-6,8H2. The highest BCUT2D eigenvalue weighted by Crippen LogP contribution is 2.30. The zero-order valence-electron chi connectivity index (χ0n) is 9.88. The largest absolute Gasteiger partial charge is 0.394 e. The van der Waals surface area contributed by atoms with Gasteiger partial charge in [0.15, 0.2) is 5.82 Å². The SMILES string of the molecule is OCC1CCCc2nnc(-c3cccc(Cl)c3)n21. The van der Waals surface area contributed by atoms with Gasteiger partial charge >= 0.3 is 0 Å². The molecule has 1 aliphatic rings. The van der Waals surface area contributed by atoms with E-state index >= 15 is 0 Å². The molecule has 2 heterocycles. The second-order valence-electron chi connectivity index (χ2n) is 4.55. The lowest BCUT2D eigenvalue weighted by Gasteiger charge is -2.24. The molecular formula is C13H14ClN3O. The van der Waals surface area contributed by atoms with Crippen LogP contribution >= 0.6 is 11.6 Å². The second-order valence-corrected chi connectivity index (χ2v) is 4.99. The fourth-order valence-electron chi connectivity index (χ4n) is 2.50. The zero-order chi connectivity index (χ0) is 12.5. The second kappa shape index (κ2) is 4.71. The number of aryl methyl sites for hydroxylation is 1. The van der Waals surface area contributed by atoms with Gasteiger partial charge in [-0.1, -0.05) is 23.7 Å². The minimum Gasteiger partial charge on any atom is -0.394 e. The molecule has 1 aromatic carbocycles. The van der Waals surface area contributed by atoms with Gasteiger partial charge in [0.2, 0.25) is 0 Å². The van der Waals surface area contributed by atoms with E-state index in [-0.39, 0.29) is 12.6 Å². The van der Waals surface area contributed by atoms with Gasteiger partial charge in [0.05, 0.1) is 12.6 Å². The van der Waals surface area contributed by atoms with Gasteiger partial charge in [-0.3, -0.25) is 0 Å². The molecule has 0 bridgehead atoms. The van der Waals surface area contributed by atoms with Gasteiger partial charge in [-0.05, 0) is 25.0 Å². The summed E-state index contributed by atoms with van der Waals surface area (Å²) in [6.07, 6.45) is 2.94. The Hall–Kier alpha value is -1.39. The van der Waals surface area contributed by atoms with Gasteiger partial charge in [-0.25, -0.2) is 0 Å². The van der Waals surface area contributed by atoms with E-state index in [0.29, 0.717) is 5.02 Å². The number of hydrogen-bond acceptors (Lipinski definition) is 3. The Kier molecular flexibility index (Phi) is 3.06. The van der Waals surface area contributed by atoms with Crippen LogP contribution in [0.2, 0.25) is 5.02 Å². The van der Waals surface area contributed by atoms with Gasteiger partial charge < -0.3 is 9.67 Å². The molecule has 94 valence electrons. The Labute approximate surface area is 110 Å². The lowest BCUT2D eigenvalue weighted by atomic mass is 10.0. The van der Waals surface area contributed by atoms with Crippen molar-refractivity contribution in [1.82, 2.24) is 14.8 Å². The summed E-state index contributed by atoms with van der Waals surface area (Å²) in [5.41, 5.74) is 0.946. The van der Waals surface area contributed by atoms with Crippen molar-refractivity contribution >= 4 is 11.6 Å². The van der Waals surface area contributed by atoms with Crippen molar-refractivity contribution in [1.29, 1.82) is 0 Å². The van der Waals surface area contributed by atoms with E-state index in [2.05, 4.69) is 14.8 Å². The number of benzene rings is 1. The molecule has 1 aromatic heterocycles. The summed E-state index contributed by atoms with van der Waals surface area (Å²) in [5, 5.41) is 18.6. The monoisotopic (exact) mass is 263 g/mol. The van der Waals surface area contributed by atoms with Crippen molar-refractivity contribution in [2.75, 3.05) is 6.61 Å². The number of nitrogens with zero attached hydrogens (tertiary/aromatic N) is 3. The van der Waals surface area contributed by atoms with Crippen LogP contribution in [0.25, 0.3) is 11.4 Å². The first-order valence-corrected chi connectivity index (χ1v) is 6.48. The molecule has 5 heteroatoms. The number of hydrogen-bond donors (Lipinski definition) is 1. The van der Waals surface area contributed by atoms with E-state index in [1.54, 1.807) is 0 Å². The number of aliphatic hydroxyl groups excluding tert-OH is 1. The van der Waals surface area contributed by atoms with Crippen LogP contribution in [0.4, 0.5) is 0 Å². The first-order valence-electron chi connectivity index (χ1n) is 6.10. The van der Waals surface area contributed by atoms with Crippen molar-refractivity contribution in [2.24, 2.45) is 0 Å². The number of aliphatic hydroxyl groups is 1. The average molecular weight is 264 g/mol. The topological polar surface area (TPSA) is 50.9 Å². The molecule has 0 aliphatic carbocycles. The minimum absolute atomic E-state index is 0.0812. The van der Waals surface area contributed by atoms with E-state index in [9.17, 15) is 5.11 Å². The molecule has 0 fully saturated rings. The molecule has 1 N–H and O–H groups in total. The van der Waals surface area contributed by atoms with Crippen molar-refractivity contribution in [3.8, 4) is 11.4 Å². The quantitative estimate of drug-likeness (QED) is 0.906. The van der Waals surface area contributed by atoms with Crippen LogP contribution in [0, 0.1) is 0 Å². The predicted molar refractivity (Wildman–Crippen MR) is 69.5 cm³/mol. The normalized spacial score (nSPS) is 18.7. The predicted octanol–water partition coefficient (Wildman–Crippen LogP) is 2.47. The summed E-state index contributed by atoms with van der Waals surface area (Å²) < 4.78 is 2.05. The van der Waals surface area contributed by atoms with Gasteiger partial charge in [0.25, 0.3) is 0 Å². The van der Waals surface area contributed by atoms with Crippen molar-refractivity contribution in [3.63, 3.8) is 0 Å². The van der Waals surface area contributed by atoms with Crippen LogP contribution in [0.15, 0.2) is 24.3 Å². The molecule has 1 unspecified atom stereocenters. The Bertz CT molecular complexity index is 567. The van der Waals surface area contributed by atoms with E-state index < -0.39 is 0 Å². The fourth-order valence-corrected chi connectivity index (χ4v) is 2.69. The van der Waals surface area contributed by atoms with Crippen LogP contribution in [-0.2, 0) is 6.42 Å². The van der Waals surface area contributed by atoms with E-state index in [1.165, 1.54) is 0 Å². The molecule has 2 aromatic rings. The molecular weight excluding hydrogens is 250 g/mol. The van der Waals surface area contributed by atoms with Crippen LogP contribution < -0.4 is 0 Å². The third-order valence-corrected chi connectivity index (χ3v) is 3.60. The molecule has 1 atom stereocenters. The number of halogens is 1. The Morgan fingerprint density at radius 3 is 3.06 bits per heavy atom. The maximum absolute atomic E-state index is 9.48. The molecule has 0 spiro atoms. The van der Waals surface area contributed by atoms with E-state index in [0.717, 1.165) is 36.5 Å².